The number of fused-ring (bicyclic) bond motifs is 1. The van der Waals surface area contributed by atoms with Gasteiger partial charge in [0.1, 0.15) is 0 Å². The summed E-state index contributed by atoms with van der Waals surface area (Å²) in [4.78, 5) is 21.7. The number of piperazine rings is 1. The van der Waals surface area contributed by atoms with Crippen LogP contribution in [0.15, 0.2) is 36.5 Å². The molecule has 0 aliphatic carbocycles. The molecule has 0 radical (unpaired) electrons. The molecule has 4 heteroatoms. The first-order valence-corrected chi connectivity index (χ1v) is 7.41. The fourth-order valence-corrected chi connectivity index (χ4v) is 2.98. The van der Waals surface area contributed by atoms with Crippen molar-refractivity contribution in [2.45, 2.75) is 12.5 Å². The van der Waals surface area contributed by atoms with E-state index in [0.29, 0.717) is 6.42 Å². The highest BCUT2D eigenvalue weighted by atomic mass is 16.1. The first-order chi connectivity index (χ1) is 10.1. The lowest BCUT2D eigenvalue weighted by Crippen LogP contribution is -2.50. The first kappa shape index (κ1) is 14.2. The molecule has 1 aliphatic rings. The third kappa shape index (κ3) is 2.96. The fourth-order valence-electron chi connectivity index (χ4n) is 2.98. The number of nitrogens with zero attached hydrogens (tertiary/aromatic N) is 3. The Morgan fingerprint density at radius 2 is 2.05 bits per heavy atom. The highest BCUT2D eigenvalue weighted by Gasteiger charge is 2.25. The summed E-state index contributed by atoms with van der Waals surface area (Å²) in [5.41, 5.74) is 1.56. The predicted molar refractivity (Wildman–Crippen MR) is 84.6 cm³/mol. The number of carbonyl (C=O) groups excluding carboxylic acids is 1. The second kappa shape index (κ2) is 5.92. The van der Waals surface area contributed by atoms with Crippen LogP contribution in [-0.2, 0) is 0 Å². The molecule has 1 atom stereocenters. The number of para-hydroxylation sites is 1. The van der Waals surface area contributed by atoms with Gasteiger partial charge >= 0.3 is 0 Å². The standard InChI is InChI=1S/C17H21N3O/c1-19-9-10-20(2)14(12-19)11-16(21)15-7-3-5-13-6-4-8-18-17(13)15/h3-8,14H,9-12H2,1-2H3. The number of likely N-dealkylation sites (N-methyl/N-ethyl adjacent to an activating group) is 2. The lowest BCUT2D eigenvalue weighted by atomic mass is 9.99. The number of rotatable bonds is 3. The Balaban J connectivity index is 1.84. The summed E-state index contributed by atoms with van der Waals surface area (Å²) in [6.07, 6.45) is 2.30. The van der Waals surface area contributed by atoms with E-state index >= 15 is 0 Å². The quantitative estimate of drug-likeness (QED) is 0.808. The van der Waals surface area contributed by atoms with Crippen LogP contribution in [0.5, 0.6) is 0 Å². The molecule has 3 rings (SSSR count). The van der Waals surface area contributed by atoms with Gasteiger partial charge in [0.25, 0.3) is 0 Å². The molecular weight excluding hydrogens is 262 g/mol. The smallest absolute Gasteiger partial charge is 0.166 e. The van der Waals surface area contributed by atoms with E-state index in [1.807, 2.05) is 30.3 Å². The van der Waals surface area contributed by atoms with Gasteiger partial charge in [-0.25, -0.2) is 0 Å². The summed E-state index contributed by atoms with van der Waals surface area (Å²) >= 11 is 0. The molecule has 21 heavy (non-hydrogen) atoms. The summed E-state index contributed by atoms with van der Waals surface area (Å²) in [5, 5.41) is 1.03. The fraction of sp³-hybridized carbons (Fsp3) is 0.412. The van der Waals surface area contributed by atoms with Crippen molar-refractivity contribution in [2.75, 3.05) is 33.7 Å². The van der Waals surface area contributed by atoms with Gasteiger partial charge in [0.15, 0.2) is 5.78 Å². The minimum absolute atomic E-state index is 0.187. The molecule has 2 aromatic rings. The van der Waals surface area contributed by atoms with Crippen LogP contribution in [0.2, 0.25) is 0 Å². The number of benzene rings is 1. The van der Waals surface area contributed by atoms with Gasteiger partial charge in [-0.2, -0.15) is 0 Å². The summed E-state index contributed by atoms with van der Waals surface area (Å²) in [6.45, 7) is 3.03. The molecule has 1 aromatic carbocycles. The van der Waals surface area contributed by atoms with Crippen molar-refractivity contribution < 1.29 is 4.79 Å². The molecule has 1 unspecified atom stereocenters. The SMILES string of the molecule is CN1CCN(C)C(CC(=O)c2cccc3cccnc23)C1. The van der Waals surface area contributed by atoms with Gasteiger partial charge in [-0.05, 0) is 26.2 Å². The number of pyridine rings is 1. The number of aromatic nitrogens is 1. The van der Waals surface area contributed by atoms with Crippen LogP contribution in [0, 0.1) is 0 Å². The van der Waals surface area contributed by atoms with Crippen LogP contribution >= 0.6 is 0 Å². The van der Waals surface area contributed by atoms with E-state index < -0.39 is 0 Å². The van der Waals surface area contributed by atoms with Crippen molar-refractivity contribution in [3.8, 4) is 0 Å². The Morgan fingerprint density at radius 1 is 1.24 bits per heavy atom. The van der Waals surface area contributed by atoms with Crippen LogP contribution in [0.4, 0.5) is 0 Å². The van der Waals surface area contributed by atoms with Crippen LogP contribution in [0.1, 0.15) is 16.8 Å². The number of ketones is 1. The summed E-state index contributed by atoms with van der Waals surface area (Å²) in [7, 11) is 4.22. The summed E-state index contributed by atoms with van der Waals surface area (Å²) < 4.78 is 0. The summed E-state index contributed by atoms with van der Waals surface area (Å²) in [5.74, 6) is 0.187. The van der Waals surface area contributed by atoms with Gasteiger partial charge < -0.3 is 9.80 Å². The number of Topliss-reactive ketones (excluding diaryl/α,β-unsaturated/α-hetero) is 1. The Bertz CT molecular complexity index is 650. The predicted octanol–water partition coefficient (Wildman–Crippen LogP) is 2.05. The van der Waals surface area contributed by atoms with E-state index in [2.05, 4.69) is 28.9 Å². The number of hydrogen-bond donors (Lipinski definition) is 0. The molecule has 0 spiro atoms. The number of carbonyl (C=O) groups is 1. The van der Waals surface area contributed by atoms with Crippen LogP contribution in [0.3, 0.4) is 0 Å². The van der Waals surface area contributed by atoms with Crippen LogP contribution < -0.4 is 0 Å². The molecule has 2 heterocycles. The first-order valence-electron chi connectivity index (χ1n) is 7.41. The van der Waals surface area contributed by atoms with E-state index in [1.54, 1.807) is 6.20 Å². The summed E-state index contributed by atoms with van der Waals surface area (Å²) in [6, 6.07) is 10.0. The molecule has 4 nitrogen and oxygen atoms in total. The normalized spacial score (nSPS) is 20.8. The maximum Gasteiger partial charge on any atom is 0.166 e. The van der Waals surface area contributed by atoms with E-state index in [4.69, 9.17) is 0 Å². The highest BCUT2D eigenvalue weighted by Crippen LogP contribution is 2.20. The third-order valence-corrected chi connectivity index (χ3v) is 4.33. The number of hydrogen-bond acceptors (Lipinski definition) is 4. The molecule has 1 aliphatic heterocycles. The molecule has 1 saturated heterocycles. The molecule has 1 aromatic heterocycles. The van der Waals surface area contributed by atoms with Gasteiger partial charge in [0.05, 0.1) is 5.52 Å². The Hall–Kier alpha value is -1.78. The van der Waals surface area contributed by atoms with Gasteiger partial charge in [-0.1, -0.05) is 18.2 Å². The van der Waals surface area contributed by atoms with Gasteiger partial charge in [0, 0.05) is 49.2 Å². The minimum Gasteiger partial charge on any atom is -0.304 e. The zero-order valence-corrected chi connectivity index (χ0v) is 12.6. The minimum atomic E-state index is 0.187. The second-order valence-electron chi connectivity index (χ2n) is 5.90. The topological polar surface area (TPSA) is 36.4 Å². The van der Waals surface area contributed by atoms with Crippen LogP contribution in [-0.4, -0.2) is 60.3 Å². The highest BCUT2D eigenvalue weighted by molar-refractivity contribution is 6.06. The molecular formula is C17H21N3O. The average Bonchev–Trinajstić information content (AvgIpc) is 2.50. The van der Waals surface area contributed by atoms with E-state index in [-0.39, 0.29) is 11.8 Å². The maximum absolute atomic E-state index is 12.7. The third-order valence-electron chi connectivity index (χ3n) is 4.33. The Kier molecular flexibility index (Phi) is 3.99. The zero-order valence-electron chi connectivity index (χ0n) is 12.6. The van der Waals surface area contributed by atoms with E-state index in [9.17, 15) is 4.79 Å². The van der Waals surface area contributed by atoms with Gasteiger partial charge in [-0.3, -0.25) is 9.78 Å². The van der Waals surface area contributed by atoms with Crippen molar-refractivity contribution in [1.29, 1.82) is 0 Å². The molecule has 0 bridgehead atoms. The van der Waals surface area contributed by atoms with Crippen molar-refractivity contribution in [3.05, 3.63) is 42.1 Å². The van der Waals surface area contributed by atoms with Crippen molar-refractivity contribution in [1.82, 2.24) is 14.8 Å². The van der Waals surface area contributed by atoms with E-state index in [1.165, 1.54) is 0 Å². The van der Waals surface area contributed by atoms with Crippen molar-refractivity contribution >= 4 is 16.7 Å². The second-order valence-corrected chi connectivity index (χ2v) is 5.90. The van der Waals surface area contributed by atoms with Gasteiger partial charge in [0.2, 0.25) is 0 Å². The average molecular weight is 283 g/mol. The maximum atomic E-state index is 12.7. The largest absolute Gasteiger partial charge is 0.304 e. The molecule has 0 amide bonds. The Labute approximate surface area is 125 Å². The zero-order chi connectivity index (χ0) is 14.8. The molecule has 0 saturated carbocycles. The van der Waals surface area contributed by atoms with E-state index in [0.717, 1.165) is 36.1 Å². The lowest BCUT2D eigenvalue weighted by molar-refractivity contribution is 0.0811. The molecule has 1 fully saturated rings. The monoisotopic (exact) mass is 283 g/mol. The van der Waals surface area contributed by atoms with Crippen molar-refractivity contribution in [2.24, 2.45) is 0 Å². The van der Waals surface area contributed by atoms with Crippen molar-refractivity contribution in [3.63, 3.8) is 0 Å². The molecule has 110 valence electrons. The lowest BCUT2D eigenvalue weighted by Gasteiger charge is -2.37. The molecule has 0 N–H and O–H groups in total. The Morgan fingerprint density at radius 3 is 2.90 bits per heavy atom. The van der Waals surface area contributed by atoms with Crippen LogP contribution in [0.25, 0.3) is 10.9 Å². The van der Waals surface area contributed by atoms with Gasteiger partial charge in [-0.15, -0.1) is 0 Å².